The van der Waals surface area contributed by atoms with Crippen molar-refractivity contribution in [1.82, 2.24) is 10.4 Å². The van der Waals surface area contributed by atoms with Gasteiger partial charge in [0.15, 0.2) is 11.6 Å². The summed E-state index contributed by atoms with van der Waals surface area (Å²) in [5, 5.41) is 0.665. The van der Waals surface area contributed by atoms with Crippen LogP contribution >= 0.6 is 0 Å². The van der Waals surface area contributed by atoms with Crippen molar-refractivity contribution in [2.75, 3.05) is 0 Å². The lowest BCUT2D eigenvalue weighted by Crippen LogP contribution is -2.45. The zero-order valence-electron chi connectivity index (χ0n) is 12.4. The number of amides is 3. The molecule has 3 amide bonds. The van der Waals surface area contributed by atoms with E-state index in [1.165, 1.54) is 18.2 Å². The molecule has 1 N–H and O–H groups in total. The third-order valence-corrected chi connectivity index (χ3v) is 3.66. The molecule has 2 aromatic rings. The average Bonchev–Trinajstić information content (AvgIpc) is 2.81. The van der Waals surface area contributed by atoms with Crippen molar-refractivity contribution >= 4 is 17.7 Å². The minimum Gasteiger partial charge on any atom is -0.273 e. The number of carbonyl (C=O) groups is 3. The van der Waals surface area contributed by atoms with Crippen molar-refractivity contribution in [3.63, 3.8) is 0 Å². The van der Waals surface area contributed by atoms with Gasteiger partial charge in [-0.3, -0.25) is 19.8 Å². The third-order valence-electron chi connectivity index (χ3n) is 3.66. The van der Waals surface area contributed by atoms with E-state index in [9.17, 15) is 23.2 Å². The van der Waals surface area contributed by atoms with Crippen molar-refractivity contribution in [1.29, 1.82) is 0 Å². The highest BCUT2D eigenvalue weighted by Gasteiger charge is 2.36. The van der Waals surface area contributed by atoms with Gasteiger partial charge in [-0.15, -0.1) is 0 Å². The molecule has 1 aliphatic rings. The molecular weight excluding hydrogens is 318 g/mol. The average molecular weight is 330 g/mol. The van der Waals surface area contributed by atoms with Gasteiger partial charge in [0.2, 0.25) is 5.91 Å². The maximum absolute atomic E-state index is 13.1. The molecule has 0 aromatic heterocycles. The normalized spacial score (nSPS) is 13.2. The van der Waals surface area contributed by atoms with Crippen LogP contribution in [0.5, 0.6) is 0 Å². The molecule has 1 aliphatic heterocycles. The molecular formula is C17H12F2N2O3. The summed E-state index contributed by atoms with van der Waals surface area (Å²) in [7, 11) is 0. The largest absolute Gasteiger partial charge is 0.280 e. The first kappa shape index (κ1) is 15.8. The van der Waals surface area contributed by atoms with E-state index in [0.717, 1.165) is 12.1 Å². The molecule has 0 saturated carbocycles. The third kappa shape index (κ3) is 2.88. The Morgan fingerprint density at radius 1 is 0.958 bits per heavy atom. The van der Waals surface area contributed by atoms with Crippen LogP contribution < -0.4 is 5.43 Å². The van der Waals surface area contributed by atoms with Crippen LogP contribution in [-0.4, -0.2) is 22.7 Å². The van der Waals surface area contributed by atoms with Gasteiger partial charge in [0, 0.05) is 6.42 Å². The highest BCUT2D eigenvalue weighted by Crippen LogP contribution is 2.20. The van der Waals surface area contributed by atoms with Crippen molar-refractivity contribution < 1.29 is 23.2 Å². The lowest BCUT2D eigenvalue weighted by atomic mass is 10.1. The fourth-order valence-corrected chi connectivity index (χ4v) is 2.42. The summed E-state index contributed by atoms with van der Waals surface area (Å²) in [5.41, 5.74) is 3.14. The molecule has 122 valence electrons. The number of rotatable bonds is 4. The van der Waals surface area contributed by atoms with E-state index in [1.54, 1.807) is 12.1 Å². The van der Waals surface area contributed by atoms with E-state index in [0.29, 0.717) is 10.6 Å². The van der Waals surface area contributed by atoms with Crippen molar-refractivity contribution in [2.45, 2.75) is 12.8 Å². The number of nitrogens with zero attached hydrogens (tertiary/aromatic N) is 1. The van der Waals surface area contributed by atoms with Gasteiger partial charge < -0.3 is 0 Å². The molecule has 24 heavy (non-hydrogen) atoms. The van der Waals surface area contributed by atoms with Gasteiger partial charge in [-0.25, -0.2) is 8.78 Å². The van der Waals surface area contributed by atoms with Crippen LogP contribution in [-0.2, 0) is 11.2 Å². The molecule has 0 bridgehead atoms. The van der Waals surface area contributed by atoms with Gasteiger partial charge in [0.1, 0.15) is 0 Å². The van der Waals surface area contributed by atoms with Gasteiger partial charge >= 0.3 is 0 Å². The maximum atomic E-state index is 13.1. The summed E-state index contributed by atoms with van der Waals surface area (Å²) < 4.78 is 26.0. The zero-order chi connectivity index (χ0) is 17.3. The number of benzene rings is 2. The van der Waals surface area contributed by atoms with Crippen LogP contribution in [0.1, 0.15) is 32.7 Å². The van der Waals surface area contributed by atoms with E-state index in [1.807, 2.05) is 0 Å². The predicted molar refractivity (Wildman–Crippen MR) is 79.8 cm³/mol. The van der Waals surface area contributed by atoms with Crippen LogP contribution in [0.15, 0.2) is 42.5 Å². The number of fused-ring (bicyclic) bond motifs is 1. The Balaban J connectivity index is 1.63. The molecule has 5 nitrogen and oxygen atoms in total. The lowest BCUT2D eigenvalue weighted by Gasteiger charge is -2.14. The molecule has 0 radical (unpaired) electrons. The van der Waals surface area contributed by atoms with E-state index in [2.05, 4.69) is 5.43 Å². The van der Waals surface area contributed by atoms with Gasteiger partial charge in [0.05, 0.1) is 11.1 Å². The first-order valence-corrected chi connectivity index (χ1v) is 7.18. The SMILES string of the molecule is O=C(CCc1ccc(F)c(F)c1)NN1C(=O)c2ccccc2C1=O. The smallest absolute Gasteiger partial charge is 0.273 e. The van der Waals surface area contributed by atoms with Gasteiger partial charge in [-0.2, -0.15) is 5.01 Å². The molecule has 0 spiro atoms. The Labute approximate surface area is 135 Å². The standard InChI is InChI=1S/C17H12F2N2O3/c18-13-7-5-10(9-14(13)19)6-8-15(22)20-21-16(23)11-3-1-2-4-12(11)17(21)24/h1-5,7,9H,6,8H2,(H,20,22). The number of nitrogens with one attached hydrogen (secondary N) is 1. The molecule has 0 aliphatic carbocycles. The number of halogens is 2. The number of hydrogen-bond donors (Lipinski definition) is 1. The van der Waals surface area contributed by atoms with E-state index >= 15 is 0 Å². The second kappa shape index (κ2) is 6.19. The molecule has 0 saturated heterocycles. The fourth-order valence-electron chi connectivity index (χ4n) is 2.42. The topological polar surface area (TPSA) is 66.5 Å². The fraction of sp³-hybridized carbons (Fsp3) is 0.118. The van der Waals surface area contributed by atoms with Crippen molar-refractivity contribution in [2.24, 2.45) is 0 Å². The Hall–Kier alpha value is -3.09. The van der Waals surface area contributed by atoms with Crippen molar-refractivity contribution in [3.05, 3.63) is 70.8 Å². The van der Waals surface area contributed by atoms with Crippen molar-refractivity contribution in [3.8, 4) is 0 Å². The molecule has 1 heterocycles. The molecule has 3 rings (SSSR count). The quantitative estimate of drug-likeness (QED) is 0.874. The second-order valence-corrected chi connectivity index (χ2v) is 5.27. The summed E-state index contributed by atoms with van der Waals surface area (Å²) in [6.45, 7) is 0. The Morgan fingerprint density at radius 2 is 1.58 bits per heavy atom. The van der Waals surface area contributed by atoms with E-state index in [4.69, 9.17) is 0 Å². The first-order chi connectivity index (χ1) is 11.5. The number of carbonyl (C=O) groups excluding carboxylic acids is 3. The molecule has 0 unspecified atom stereocenters. The van der Waals surface area contributed by atoms with Crippen LogP contribution in [0.25, 0.3) is 0 Å². The minimum atomic E-state index is -0.992. The van der Waals surface area contributed by atoms with E-state index in [-0.39, 0.29) is 24.0 Å². The lowest BCUT2D eigenvalue weighted by molar-refractivity contribution is -0.124. The summed E-state index contributed by atoms with van der Waals surface area (Å²) in [5.74, 6) is -3.73. The highest BCUT2D eigenvalue weighted by atomic mass is 19.2. The Morgan fingerprint density at radius 3 is 2.17 bits per heavy atom. The number of imide groups is 1. The monoisotopic (exact) mass is 330 g/mol. The van der Waals surface area contributed by atoms with Crippen LogP contribution in [0, 0.1) is 11.6 Å². The van der Waals surface area contributed by atoms with Crippen LogP contribution in [0.3, 0.4) is 0 Å². The number of aryl methyl sites for hydroxylation is 1. The summed E-state index contributed by atoms with van der Waals surface area (Å²) >= 11 is 0. The maximum Gasteiger partial charge on any atom is 0.280 e. The predicted octanol–water partition coefficient (Wildman–Crippen LogP) is 2.22. The van der Waals surface area contributed by atoms with Crippen LogP contribution in [0.2, 0.25) is 0 Å². The molecule has 0 atom stereocenters. The molecule has 7 heteroatoms. The summed E-state index contributed by atoms with van der Waals surface area (Å²) in [4.78, 5) is 36.1. The molecule has 2 aromatic carbocycles. The minimum absolute atomic E-state index is 0.0848. The van der Waals surface area contributed by atoms with Gasteiger partial charge in [0.25, 0.3) is 11.8 Å². The van der Waals surface area contributed by atoms with Gasteiger partial charge in [-0.1, -0.05) is 18.2 Å². The Kier molecular flexibility index (Phi) is 4.07. The second-order valence-electron chi connectivity index (χ2n) is 5.27. The number of hydrogen-bond acceptors (Lipinski definition) is 3. The van der Waals surface area contributed by atoms with Gasteiger partial charge in [-0.05, 0) is 36.2 Å². The highest BCUT2D eigenvalue weighted by molar-refractivity contribution is 6.21. The number of hydrazine groups is 1. The van der Waals surface area contributed by atoms with E-state index < -0.39 is 29.4 Å². The summed E-state index contributed by atoms with van der Waals surface area (Å²) in [6, 6.07) is 9.61. The summed E-state index contributed by atoms with van der Waals surface area (Å²) in [6.07, 6.45) is 0.0602. The molecule has 0 fully saturated rings. The zero-order valence-corrected chi connectivity index (χ0v) is 12.4. The Bertz CT molecular complexity index is 816. The van der Waals surface area contributed by atoms with Crippen LogP contribution in [0.4, 0.5) is 8.78 Å². The first-order valence-electron chi connectivity index (χ1n) is 7.18.